The Bertz CT molecular complexity index is 1280. The number of allylic oxidation sites excluding steroid dienone is 4. The number of ether oxygens (including phenoxy) is 2. The summed E-state index contributed by atoms with van der Waals surface area (Å²) in [5.74, 6) is 0.112. The summed E-state index contributed by atoms with van der Waals surface area (Å²) >= 11 is 0. The predicted octanol–water partition coefficient (Wildman–Crippen LogP) is 5.70. The lowest BCUT2D eigenvalue weighted by atomic mass is 10.1. The van der Waals surface area contributed by atoms with Gasteiger partial charge in [0.15, 0.2) is 5.82 Å². The van der Waals surface area contributed by atoms with E-state index in [-0.39, 0.29) is 30.4 Å². The van der Waals surface area contributed by atoms with Crippen LogP contribution in [0, 0.1) is 0 Å². The molecular weight excluding hydrogens is 502 g/mol. The van der Waals surface area contributed by atoms with E-state index in [1.54, 1.807) is 13.0 Å². The highest BCUT2D eigenvalue weighted by molar-refractivity contribution is 5.92. The van der Waals surface area contributed by atoms with Crippen LogP contribution in [-0.4, -0.2) is 47.8 Å². The minimum atomic E-state index is -4.64. The van der Waals surface area contributed by atoms with Crippen LogP contribution in [-0.2, 0) is 22.2 Å². The summed E-state index contributed by atoms with van der Waals surface area (Å²) in [5.41, 5.74) is -0.947. The lowest BCUT2D eigenvalue weighted by Crippen LogP contribution is -2.34. The van der Waals surface area contributed by atoms with E-state index in [1.165, 1.54) is 37.6 Å². The Balaban J connectivity index is 1.80. The normalized spacial score (nSPS) is 21.9. The van der Waals surface area contributed by atoms with Crippen molar-refractivity contribution in [2.24, 2.45) is 4.99 Å². The number of aromatic nitrogens is 2. The third-order valence-corrected chi connectivity index (χ3v) is 5.68. The second-order valence-corrected chi connectivity index (χ2v) is 8.27. The quantitative estimate of drug-likeness (QED) is 0.522. The van der Waals surface area contributed by atoms with Crippen molar-refractivity contribution in [3.05, 3.63) is 77.2 Å². The first kappa shape index (κ1) is 26.6. The van der Waals surface area contributed by atoms with Gasteiger partial charge >= 0.3 is 12.4 Å². The van der Waals surface area contributed by atoms with E-state index in [2.05, 4.69) is 20.3 Å². The smallest absolute Gasteiger partial charge is 0.382 e. The summed E-state index contributed by atoms with van der Waals surface area (Å²) in [6.07, 6.45) is -5.02. The molecule has 196 valence electrons. The largest absolute Gasteiger partial charge is 0.418 e. The Morgan fingerprint density at radius 1 is 1.08 bits per heavy atom. The molecule has 3 heterocycles. The Kier molecular flexibility index (Phi) is 7.51. The lowest BCUT2D eigenvalue weighted by Gasteiger charge is -2.26. The molecular formula is C25H22F6N4O2. The molecule has 1 N–H and O–H groups in total. The fourth-order valence-corrected chi connectivity index (χ4v) is 3.79. The molecule has 2 aliphatic rings. The van der Waals surface area contributed by atoms with Gasteiger partial charge in [0.2, 0.25) is 0 Å². The van der Waals surface area contributed by atoms with Crippen molar-refractivity contribution in [3.8, 4) is 11.4 Å². The van der Waals surface area contributed by atoms with E-state index in [1.807, 2.05) is 0 Å². The van der Waals surface area contributed by atoms with Gasteiger partial charge in [-0.3, -0.25) is 4.98 Å². The number of hydrogen-bond donors (Lipinski definition) is 1. The standard InChI is InChI=1S/C25H22F6N4O2/c1-14-20(13-36-2)35-23-15(5-8-19(34-23)22-17(25(29,30)31)4-3-11-32-22)12-33-18-9-6-16(24(26,27)28)7-10-21(18)37-14/h3-11,14,21,33H,12-13H2,1-2H3/b35-20-. The van der Waals surface area contributed by atoms with E-state index in [4.69, 9.17) is 9.47 Å². The van der Waals surface area contributed by atoms with Gasteiger partial charge in [-0.1, -0.05) is 12.1 Å². The van der Waals surface area contributed by atoms with Crippen molar-refractivity contribution in [2.45, 2.75) is 38.0 Å². The number of rotatable bonds is 3. The molecule has 0 amide bonds. The molecule has 0 spiro atoms. The summed E-state index contributed by atoms with van der Waals surface area (Å²) < 4.78 is 91.8. The van der Waals surface area contributed by atoms with E-state index in [9.17, 15) is 26.3 Å². The monoisotopic (exact) mass is 524 g/mol. The number of halogens is 6. The van der Waals surface area contributed by atoms with Gasteiger partial charge in [0.1, 0.15) is 11.8 Å². The molecule has 0 fully saturated rings. The van der Waals surface area contributed by atoms with Crippen LogP contribution >= 0.6 is 0 Å². The van der Waals surface area contributed by atoms with E-state index in [0.717, 1.165) is 18.2 Å². The van der Waals surface area contributed by atoms with Gasteiger partial charge in [-0.2, -0.15) is 26.3 Å². The van der Waals surface area contributed by atoms with Crippen molar-refractivity contribution in [3.63, 3.8) is 0 Å². The van der Waals surface area contributed by atoms with Crippen LogP contribution in [0.5, 0.6) is 0 Å². The summed E-state index contributed by atoms with van der Waals surface area (Å²) in [4.78, 5) is 12.8. The SMILES string of the molecule is COC/C1=N/c2nc(-c3ncccc3C(F)(F)F)ccc2CNC2=CC=C(C(F)(F)F)C=CC2OC1C. The first-order valence-corrected chi connectivity index (χ1v) is 11.1. The zero-order valence-corrected chi connectivity index (χ0v) is 19.7. The average molecular weight is 524 g/mol. The average Bonchev–Trinajstić information content (AvgIpc) is 3.04. The highest BCUT2D eigenvalue weighted by Gasteiger charge is 2.35. The molecule has 2 aromatic heterocycles. The van der Waals surface area contributed by atoms with Crippen LogP contribution in [0.1, 0.15) is 18.1 Å². The number of methoxy groups -OCH3 is 1. The molecule has 0 radical (unpaired) electrons. The predicted molar refractivity (Wildman–Crippen MR) is 124 cm³/mol. The van der Waals surface area contributed by atoms with Gasteiger partial charge in [-0.15, -0.1) is 0 Å². The molecule has 4 rings (SSSR count). The van der Waals surface area contributed by atoms with Gasteiger partial charge < -0.3 is 14.8 Å². The number of nitrogens with one attached hydrogen (secondary N) is 1. The zero-order valence-electron chi connectivity index (χ0n) is 19.7. The molecule has 6 nitrogen and oxygen atoms in total. The van der Waals surface area contributed by atoms with Gasteiger partial charge in [-0.25, -0.2) is 9.98 Å². The number of hydrogen-bond acceptors (Lipinski definition) is 6. The molecule has 37 heavy (non-hydrogen) atoms. The first-order valence-electron chi connectivity index (χ1n) is 11.1. The Morgan fingerprint density at radius 2 is 1.86 bits per heavy atom. The van der Waals surface area contributed by atoms with Crippen molar-refractivity contribution in [1.29, 1.82) is 0 Å². The topological polar surface area (TPSA) is 68.6 Å². The summed E-state index contributed by atoms with van der Waals surface area (Å²) in [7, 11) is 1.43. The first-order chi connectivity index (χ1) is 17.5. The Hall–Kier alpha value is -3.51. The fraction of sp³-hybridized carbons (Fsp3) is 0.320. The minimum Gasteiger partial charge on any atom is -0.382 e. The van der Waals surface area contributed by atoms with Crippen LogP contribution in [0.3, 0.4) is 0 Å². The number of fused-ring (bicyclic) bond motifs is 2. The molecule has 1 aliphatic carbocycles. The Morgan fingerprint density at radius 3 is 2.57 bits per heavy atom. The summed E-state index contributed by atoms with van der Waals surface area (Å²) in [6, 6.07) is 5.06. The number of pyridine rings is 2. The van der Waals surface area contributed by atoms with Gasteiger partial charge in [0, 0.05) is 31.1 Å². The van der Waals surface area contributed by atoms with E-state index in [0.29, 0.717) is 17.0 Å². The van der Waals surface area contributed by atoms with Crippen molar-refractivity contribution < 1.29 is 35.8 Å². The van der Waals surface area contributed by atoms with Crippen molar-refractivity contribution in [2.75, 3.05) is 13.7 Å². The second kappa shape index (κ2) is 10.5. The number of aliphatic imine (C=N–C) groups is 1. The van der Waals surface area contributed by atoms with Crippen LogP contribution in [0.4, 0.5) is 32.2 Å². The van der Waals surface area contributed by atoms with E-state index < -0.39 is 35.7 Å². The van der Waals surface area contributed by atoms with E-state index >= 15 is 0 Å². The van der Waals surface area contributed by atoms with Gasteiger partial charge in [-0.05, 0) is 43.4 Å². The molecule has 0 aromatic carbocycles. The highest BCUT2D eigenvalue weighted by Crippen LogP contribution is 2.36. The highest BCUT2D eigenvalue weighted by atomic mass is 19.4. The molecule has 0 saturated heterocycles. The molecule has 0 bridgehead atoms. The minimum absolute atomic E-state index is 0.00113. The Labute approximate surface area is 208 Å². The van der Waals surface area contributed by atoms with Gasteiger partial charge in [0.25, 0.3) is 0 Å². The molecule has 2 aromatic rings. The van der Waals surface area contributed by atoms with Crippen molar-refractivity contribution in [1.82, 2.24) is 15.3 Å². The van der Waals surface area contributed by atoms with Crippen molar-refractivity contribution >= 4 is 11.5 Å². The zero-order chi connectivity index (χ0) is 26.8. The molecule has 1 aliphatic heterocycles. The number of alkyl halides is 6. The maximum Gasteiger partial charge on any atom is 0.418 e. The summed E-state index contributed by atoms with van der Waals surface area (Å²) in [5, 5.41) is 3.06. The maximum absolute atomic E-state index is 13.6. The van der Waals surface area contributed by atoms with Crippen LogP contribution in [0.15, 0.2) is 71.0 Å². The molecule has 2 atom stereocenters. The molecule has 12 heteroatoms. The maximum atomic E-state index is 13.6. The fourth-order valence-electron chi connectivity index (χ4n) is 3.79. The van der Waals surface area contributed by atoms with Crippen LogP contribution in [0.2, 0.25) is 0 Å². The summed E-state index contributed by atoms with van der Waals surface area (Å²) in [6.45, 7) is 1.72. The van der Waals surface area contributed by atoms with Crippen LogP contribution in [0.25, 0.3) is 11.4 Å². The number of nitrogens with zero attached hydrogens (tertiary/aromatic N) is 3. The third-order valence-electron chi connectivity index (χ3n) is 5.68. The second-order valence-electron chi connectivity index (χ2n) is 8.27. The lowest BCUT2D eigenvalue weighted by molar-refractivity contribution is -0.137. The third kappa shape index (κ3) is 6.08. The van der Waals surface area contributed by atoms with Crippen LogP contribution < -0.4 is 5.32 Å². The molecule has 0 saturated carbocycles. The van der Waals surface area contributed by atoms with Gasteiger partial charge in [0.05, 0.1) is 35.3 Å². The molecule has 2 unspecified atom stereocenters.